The molecule has 0 aliphatic heterocycles. The molecule has 0 saturated heterocycles. The number of amides is 1. The molecule has 0 unspecified atom stereocenters. The summed E-state index contributed by atoms with van der Waals surface area (Å²) in [4.78, 5) is 12.1. The number of benzene rings is 2. The van der Waals surface area contributed by atoms with E-state index in [1.807, 2.05) is 0 Å². The largest absolute Gasteiger partial charge is 0.497 e. The van der Waals surface area contributed by atoms with Crippen molar-refractivity contribution in [3.8, 4) is 23.0 Å². The zero-order valence-electron chi connectivity index (χ0n) is 17.9. The average molecular weight is 452 g/mol. The van der Waals surface area contributed by atoms with Crippen LogP contribution < -0.4 is 24.4 Å². The summed E-state index contributed by atoms with van der Waals surface area (Å²) in [7, 11) is 3.08. The number of hydrogen-bond acceptors (Lipinski definition) is 8. The second-order valence-corrected chi connectivity index (χ2v) is 8.20. The van der Waals surface area contributed by atoms with Crippen LogP contribution >= 0.6 is 0 Å². The summed E-state index contributed by atoms with van der Waals surface area (Å²) in [6.07, 6.45) is 1.40. The van der Waals surface area contributed by atoms with E-state index in [1.165, 1.54) is 53.8 Å². The van der Waals surface area contributed by atoms with Crippen LogP contribution in [0.1, 0.15) is 5.56 Å². The minimum absolute atomic E-state index is 0.113. The number of ether oxygens (including phenoxy) is 4. The molecule has 0 radical (unpaired) electrons. The first kappa shape index (κ1) is 24.0. The van der Waals surface area contributed by atoms with Crippen LogP contribution in [0.15, 0.2) is 46.4 Å². The molecule has 31 heavy (non-hydrogen) atoms. The molecule has 0 aliphatic carbocycles. The zero-order valence-corrected chi connectivity index (χ0v) is 18.7. The Bertz CT molecular complexity index is 1050. The zero-order chi connectivity index (χ0) is 23.0. The van der Waals surface area contributed by atoms with Gasteiger partial charge >= 0.3 is 0 Å². The SMILES string of the molecule is COc1ccc(OC)c(S(=O)(=O)N(C)CC(=O)NN=Cc2ccc(OC)c(OC)c2)c1. The van der Waals surface area contributed by atoms with Gasteiger partial charge in [0.1, 0.15) is 16.4 Å². The maximum atomic E-state index is 12.9. The van der Waals surface area contributed by atoms with E-state index in [4.69, 9.17) is 18.9 Å². The van der Waals surface area contributed by atoms with Crippen molar-refractivity contribution in [1.29, 1.82) is 0 Å². The fourth-order valence-electron chi connectivity index (χ4n) is 2.59. The lowest BCUT2D eigenvalue weighted by molar-refractivity contribution is -0.121. The van der Waals surface area contributed by atoms with Gasteiger partial charge in [-0.2, -0.15) is 9.41 Å². The first-order valence-corrected chi connectivity index (χ1v) is 10.4. The summed E-state index contributed by atoms with van der Waals surface area (Å²) in [5.74, 6) is 0.931. The highest BCUT2D eigenvalue weighted by Crippen LogP contribution is 2.30. The standard InChI is InChI=1S/C20H25N3O7S/c1-23(31(25,26)19-11-15(27-2)7-9-17(19)29-4)13-20(24)22-21-12-14-6-8-16(28-3)18(10-14)30-5/h6-12H,13H2,1-5H3,(H,22,24). The lowest BCUT2D eigenvalue weighted by Crippen LogP contribution is -2.36. The Morgan fingerprint density at radius 1 is 0.968 bits per heavy atom. The van der Waals surface area contributed by atoms with Crippen molar-refractivity contribution in [2.45, 2.75) is 4.90 Å². The van der Waals surface area contributed by atoms with Crippen molar-refractivity contribution in [2.24, 2.45) is 5.10 Å². The van der Waals surface area contributed by atoms with Gasteiger partial charge in [-0.25, -0.2) is 13.8 Å². The van der Waals surface area contributed by atoms with Gasteiger partial charge in [0.05, 0.1) is 41.2 Å². The maximum Gasteiger partial charge on any atom is 0.255 e. The Kier molecular flexibility index (Phi) is 8.22. The van der Waals surface area contributed by atoms with Crippen molar-refractivity contribution in [1.82, 2.24) is 9.73 Å². The lowest BCUT2D eigenvalue weighted by atomic mass is 10.2. The normalized spacial score (nSPS) is 11.4. The van der Waals surface area contributed by atoms with Crippen LogP contribution in [0.2, 0.25) is 0 Å². The van der Waals surface area contributed by atoms with Gasteiger partial charge in [0.25, 0.3) is 5.91 Å². The number of carbonyl (C=O) groups excluding carboxylic acids is 1. The third-order valence-corrected chi connectivity index (χ3v) is 6.06. The summed E-state index contributed by atoms with van der Waals surface area (Å²) in [5.41, 5.74) is 2.95. The van der Waals surface area contributed by atoms with E-state index >= 15 is 0 Å². The Balaban J connectivity index is 2.08. The maximum absolute atomic E-state index is 12.9. The van der Waals surface area contributed by atoms with Crippen LogP contribution in [-0.4, -0.2) is 66.9 Å². The van der Waals surface area contributed by atoms with Crippen LogP contribution in [-0.2, 0) is 14.8 Å². The first-order valence-electron chi connectivity index (χ1n) is 8.99. The smallest absolute Gasteiger partial charge is 0.255 e. The summed E-state index contributed by atoms with van der Waals surface area (Å²) < 4.78 is 47.2. The summed E-state index contributed by atoms with van der Waals surface area (Å²) in [5, 5.41) is 3.85. The first-order chi connectivity index (χ1) is 14.8. The molecule has 1 N–H and O–H groups in total. The molecule has 0 spiro atoms. The van der Waals surface area contributed by atoms with Gasteiger partial charge < -0.3 is 18.9 Å². The van der Waals surface area contributed by atoms with Gasteiger partial charge in [0.2, 0.25) is 10.0 Å². The van der Waals surface area contributed by atoms with E-state index in [2.05, 4.69) is 10.5 Å². The Labute approximate surface area is 181 Å². The van der Waals surface area contributed by atoms with Gasteiger partial charge in [0, 0.05) is 13.1 Å². The quantitative estimate of drug-likeness (QED) is 0.430. The molecule has 2 aromatic carbocycles. The van der Waals surface area contributed by atoms with Crippen LogP contribution in [0.25, 0.3) is 0 Å². The number of sulfonamides is 1. The van der Waals surface area contributed by atoms with E-state index < -0.39 is 22.5 Å². The molecule has 0 bridgehead atoms. The van der Waals surface area contributed by atoms with Gasteiger partial charge in [-0.3, -0.25) is 4.79 Å². The van der Waals surface area contributed by atoms with Crippen molar-refractivity contribution in [3.05, 3.63) is 42.0 Å². The molecule has 2 aromatic rings. The number of nitrogens with zero attached hydrogens (tertiary/aromatic N) is 2. The van der Waals surface area contributed by atoms with Crippen molar-refractivity contribution in [3.63, 3.8) is 0 Å². The van der Waals surface area contributed by atoms with Crippen LogP contribution in [0.4, 0.5) is 0 Å². The van der Waals surface area contributed by atoms with Gasteiger partial charge in [-0.15, -0.1) is 0 Å². The number of carbonyl (C=O) groups is 1. The molecule has 0 atom stereocenters. The number of hydrazone groups is 1. The number of hydrogen-bond donors (Lipinski definition) is 1. The fourth-order valence-corrected chi connectivity index (χ4v) is 3.88. The Morgan fingerprint density at radius 2 is 1.61 bits per heavy atom. The number of nitrogens with one attached hydrogen (secondary N) is 1. The average Bonchev–Trinajstić information content (AvgIpc) is 2.78. The minimum Gasteiger partial charge on any atom is -0.497 e. The van der Waals surface area contributed by atoms with E-state index in [-0.39, 0.29) is 10.6 Å². The van der Waals surface area contributed by atoms with Crippen molar-refractivity contribution >= 4 is 22.1 Å². The molecule has 0 heterocycles. The summed E-state index contributed by atoms with van der Waals surface area (Å²) in [6.45, 7) is -0.452. The molecule has 0 fully saturated rings. The highest BCUT2D eigenvalue weighted by molar-refractivity contribution is 7.89. The lowest BCUT2D eigenvalue weighted by Gasteiger charge is -2.18. The summed E-state index contributed by atoms with van der Waals surface area (Å²) in [6, 6.07) is 9.49. The number of rotatable bonds is 10. The molecule has 2 rings (SSSR count). The number of methoxy groups -OCH3 is 4. The second-order valence-electron chi connectivity index (χ2n) is 6.19. The van der Waals surface area contributed by atoms with Crippen molar-refractivity contribution in [2.75, 3.05) is 42.0 Å². The van der Waals surface area contributed by atoms with Gasteiger partial charge in [0.15, 0.2) is 11.5 Å². The number of likely N-dealkylation sites (N-methyl/N-ethyl adjacent to an activating group) is 1. The Morgan fingerprint density at radius 3 is 2.23 bits per heavy atom. The van der Waals surface area contributed by atoms with Crippen LogP contribution in [0.3, 0.4) is 0 Å². The molecule has 11 heteroatoms. The van der Waals surface area contributed by atoms with E-state index in [9.17, 15) is 13.2 Å². The predicted molar refractivity (Wildman–Crippen MR) is 115 cm³/mol. The van der Waals surface area contributed by atoms with Crippen molar-refractivity contribution < 1.29 is 32.2 Å². The summed E-state index contributed by atoms with van der Waals surface area (Å²) >= 11 is 0. The molecule has 0 aliphatic rings. The molecule has 0 saturated carbocycles. The highest BCUT2D eigenvalue weighted by atomic mass is 32.2. The molecular weight excluding hydrogens is 426 g/mol. The van der Waals surface area contributed by atoms with Crippen LogP contribution in [0, 0.1) is 0 Å². The van der Waals surface area contributed by atoms with Gasteiger partial charge in [-0.1, -0.05) is 0 Å². The van der Waals surface area contributed by atoms with Gasteiger partial charge in [-0.05, 0) is 35.9 Å². The second kappa shape index (κ2) is 10.6. The van der Waals surface area contributed by atoms with E-state index in [0.29, 0.717) is 22.8 Å². The molecule has 0 aromatic heterocycles. The molecule has 168 valence electrons. The Hall–Kier alpha value is -3.31. The molecule has 10 nitrogen and oxygen atoms in total. The monoisotopic (exact) mass is 451 g/mol. The predicted octanol–water partition coefficient (Wildman–Crippen LogP) is 1.49. The van der Waals surface area contributed by atoms with Crippen LogP contribution in [0.5, 0.6) is 23.0 Å². The van der Waals surface area contributed by atoms with E-state index in [0.717, 1.165) is 4.31 Å². The topological polar surface area (TPSA) is 116 Å². The highest BCUT2D eigenvalue weighted by Gasteiger charge is 2.27. The minimum atomic E-state index is -4.02. The third-order valence-electron chi connectivity index (χ3n) is 4.24. The molecule has 1 amide bonds. The molecular formula is C20H25N3O7S. The van der Waals surface area contributed by atoms with E-state index in [1.54, 1.807) is 24.3 Å². The fraction of sp³-hybridized carbons (Fsp3) is 0.300. The third kappa shape index (κ3) is 5.86.